The van der Waals surface area contributed by atoms with E-state index >= 15 is 0 Å². The van der Waals surface area contributed by atoms with Crippen LogP contribution in [0.25, 0.3) is 0 Å². The second-order valence-corrected chi connectivity index (χ2v) is 3.02. The molecular formula is C9H17N. The van der Waals surface area contributed by atoms with E-state index in [1.165, 1.54) is 0 Å². The lowest BCUT2D eigenvalue weighted by molar-refractivity contribution is 0.614. The zero-order chi connectivity index (χ0) is 7.98. The van der Waals surface area contributed by atoms with Crippen LogP contribution in [0.4, 0.5) is 0 Å². The van der Waals surface area contributed by atoms with Crippen LogP contribution in [0.15, 0.2) is 0 Å². The van der Waals surface area contributed by atoms with E-state index in [-0.39, 0.29) is 0 Å². The van der Waals surface area contributed by atoms with Gasteiger partial charge in [0.1, 0.15) is 0 Å². The molecule has 0 heterocycles. The van der Waals surface area contributed by atoms with Crippen LogP contribution in [-0.4, -0.2) is 6.54 Å². The Morgan fingerprint density at radius 2 is 1.90 bits per heavy atom. The Morgan fingerprint density at radius 1 is 1.30 bits per heavy atom. The minimum atomic E-state index is 0.491. The summed E-state index contributed by atoms with van der Waals surface area (Å²) in [5, 5.41) is 0. The van der Waals surface area contributed by atoms with Crippen molar-refractivity contribution in [3.05, 3.63) is 0 Å². The Hall–Kier alpha value is -0.480. The molecule has 0 bridgehead atoms. The summed E-state index contributed by atoms with van der Waals surface area (Å²) in [5.74, 6) is 7.25. The van der Waals surface area contributed by atoms with Crippen LogP contribution in [0.3, 0.4) is 0 Å². The lowest BCUT2D eigenvalue weighted by Gasteiger charge is -2.00. The molecule has 0 aromatic rings. The molecule has 0 saturated carbocycles. The van der Waals surface area contributed by atoms with E-state index in [1.54, 1.807) is 0 Å². The maximum absolute atomic E-state index is 5.42. The molecule has 0 rings (SSSR count). The average molecular weight is 139 g/mol. The van der Waals surface area contributed by atoms with E-state index < -0.39 is 0 Å². The second kappa shape index (κ2) is 5.32. The van der Waals surface area contributed by atoms with Crippen molar-refractivity contribution < 1.29 is 0 Å². The largest absolute Gasteiger partial charge is 0.330 e. The van der Waals surface area contributed by atoms with Gasteiger partial charge in [-0.1, -0.05) is 20.8 Å². The fourth-order valence-corrected chi connectivity index (χ4v) is 0.521. The molecule has 2 N–H and O–H groups in total. The molecule has 10 heavy (non-hydrogen) atoms. The maximum atomic E-state index is 5.42. The molecule has 58 valence electrons. The Balaban J connectivity index is 3.45. The Labute approximate surface area is 64.0 Å². The second-order valence-electron chi connectivity index (χ2n) is 3.02. The Kier molecular flexibility index (Phi) is 5.06. The zero-order valence-electron chi connectivity index (χ0n) is 7.15. The van der Waals surface area contributed by atoms with E-state index in [9.17, 15) is 0 Å². The summed E-state index contributed by atoms with van der Waals surface area (Å²) in [6.45, 7) is 7.06. The minimum absolute atomic E-state index is 0.491. The number of rotatable bonds is 2. The van der Waals surface area contributed by atoms with E-state index in [4.69, 9.17) is 5.73 Å². The van der Waals surface area contributed by atoms with Crippen molar-refractivity contribution in [1.82, 2.24) is 0 Å². The third-order valence-corrected chi connectivity index (χ3v) is 1.24. The topological polar surface area (TPSA) is 26.0 Å². The third kappa shape index (κ3) is 5.65. The van der Waals surface area contributed by atoms with E-state index in [2.05, 4.69) is 32.6 Å². The molecule has 0 aliphatic heterocycles. The highest BCUT2D eigenvalue weighted by atomic mass is 14.5. The summed E-state index contributed by atoms with van der Waals surface area (Å²) in [7, 11) is 0. The molecule has 1 heteroatoms. The SMILES string of the molecule is CC(C)C#CCC(C)CN. The predicted molar refractivity (Wildman–Crippen MR) is 45.4 cm³/mol. The van der Waals surface area contributed by atoms with Gasteiger partial charge in [-0.3, -0.25) is 0 Å². The van der Waals surface area contributed by atoms with Gasteiger partial charge in [0.15, 0.2) is 0 Å². The first kappa shape index (κ1) is 9.52. The van der Waals surface area contributed by atoms with Crippen molar-refractivity contribution in [3.63, 3.8) is 0 Å². The predicted octanol–water partition coefficient (Wildman–Crippen LogP) is 1.63. The normalized spacial score (nSPS) is 12.5. The summed E-state index contributed by atoms with van der Waals surface area (Å²) in [6, 6.07) is 0. The first-order valence-electron chi connectivity index (χ1n) is 3.85. The quantitative estimate of drug-likeness (QED) is 0.578. The molecule has 0 aromatic carbocycles. The van der Waals surface area contributed by atoms with Gasteiger partial charge in [0.05, 0.1) is 0 Å². The molecule has 0 aliphatic rings. The van der Waals surface area contributed by atoms with Crippen LogP contribution in [0.5, 0.6) is 0 Å². The zero-order valence-corrected chi connectivity index (χ0v) is 7.15. The molecule has 0 aromatic heterocycles. The fraction of sp³-hybridized carbons (Fsp3) is 0.778. The van der Waals surface area contributed by atoms with E-state index in [0.29, 0.717) is 11.8 Å². The van der Waals surface area contributed by atoms with E-state index in [0.717, 1.165) is 13.0 Å². The van der Waals surface area contributed by atoms with Crippen LogP contribution < -0.4 is 5.73 Å². The lowest BCUT2D eigenvalue weighted by Crippen LogP contribution is -2.09. The van der Waals surface area contributed by atoms with Crippen molar-refractivity contribution in [2.75, 3.05) is 6.54 Å². The van der Waals surface area contributed by atoms with Crippen LogP contribution >= 0.6 is 0 Å². The van der Waals surface area contributed by atoms with Crippen molar-refractivity contribution >= 4 is 0 Å². The summed E-state index contributed by atoms with van der Waals surface area (Å²) in [6.07, 6.45) is 0.939. The monoisotopic (exact) mass is 139 g/mol. The molecule has 1 atom stereocenters. The molecule has 1 unspecified atom stereocenters. The van der Waals surface area contributed by atoms with Gasteiger partial charge in [0.25, 0.3) is 0 Å². The van der Waals surface area contributed by atoms with Crippen molar-refractivity contribution in [3.8, 4) is 11.8 Å². The Bertz CT molecular complexity index is 127. The molecule has 0 saturated heterocycles. The minimum Gasteiger partial charge on any atom is -0.330 e. The summed E-state index contributed by atoms with van der Waals surface area (Å²) >= 11 is 0. The van der Waals surface area contributed by atoms with Crippen LogP contribution in [-0.2, 0) is 0 Å². The van der Waals surface area contributed by atoms with Crippen LogP contribution in [0, 0.1) is 23.7 Å². The van der Waals surface area contributed by atoms with Gasteiger partial charge in [-0.05, 0) is 12.5 Å². The van der Waals surface area contributed by atoms with Crippen molar-refractivity contribution in [1.29, 1.82) is 0 Å². The molecule has 0 radical (unpaired) electrons. The molecule has 0 aliphatic carbocycles. The highest BCUT2D eigenvalue weighted by Crippen LogP contribution is 1.96. The number of nitrogens with two attached hydrogens (primary N) is 1. The smallest absolute Gasteiger partial charge is 0.0146 e. The molecular weight excluding hydrogens is 122 g/mol. The lowest BCUT2D eigenvalue weighted by atomic mass is 10.1. The molecule has 1 nitrogen and oxygen atoms in total. The van der Waals surface area contributed by atoms with Gasteiger partial charge in [0.2, 0.25) is 0 Å². The van der Waals surface area contributed by atoms with Gasteiger partial charge in [-0.2, -0.15) is 0 Å². The highest BCUT2D eigenvalue weighted by molar-refractivity contribution is 5.01. The number of hydrogen-bond donors (Lipinski definition) is 1. The maximum Gasteiger partial charge on any atom is 0.0146 e. The summed E-state index contributed by atoms with van der Waals surface area (Å²) in [5.41, 5.74) is 5.42. The standard InChI is InChI=1S/C9H17N/c1-8(2)5-4-6-9(3)7-10/h8-9H,6-7,10H2,1-3H3. The molecule has 0 amide bonds. The molecule has 0 spiro atoms. The fourth-order valence-electron chi connectivity index (χ4n) is 0.521. The summed E-state index contributed by atoms with van der Waals surface area (Å²) < 4.78 is 0. The average Bonchev–Trinajstić information content (AvgIpc) is 1.87. The Morgan fingerprint density at radius 3 is 2.30 bits per heavy atom. The van der Waals surface area contributed by atoms with Crippen molar-refractivity contribution in [2.24, 2.45) is 17.6 Å². The van der Waals surface area contributed by atoms with Gasteiger partial charge in [-0.25, -0.2) is 0 Å². The summed E-state index contributed by atoms with van der Waals surface area (Å²) in [4.78, 5) is 0. The first-order chi connectivity index (χ1) is 4.66. The van der Waals surface area contributed by atoms with E-state index in [1.807, 2.05) is 0 Å². The first-order valence-corrected chi connectivity index (χ1v) is 3.85. The number of hydrogen-bond acceptors (Lipinski definition) is 1. The third-order valence-electron chi connectivity index (χ3n) is 1.24. The highest BCUT2D eigenvalue weighted by Gasteiger charge is 1.93. The van der Waals surface area contributed by atoms with Gasteiger partial charge >= 0.3 is 0 Å². The van der Waals surface area contributed by atoms with Crippen LogP contribution in [0.1, 0.15) is 27.2 Å². The van der Waals surface area contributed by atoms with Crippen LogP contribution in [0.2, 0.25) is 0 Å². The van der Waals surface area contributed by atoms with Gasteiger partial charge in [0, 0.05) is 12.3 Å². The van der Waals surface area contributed by atoms with Crippen molar-refractivity contribution in [2.45, 2.75) is 27.2 Å². The van der Waals surface area contributed by atoms with Gasteiger partial charge in [-0.15, -0.1) is 11.8 Å². The van der Waals surface area contributed by atoms with Gasteiger partial charge < -0.3 is 5.73 Å². The molecule has 0 fully saturated rings.